The van der Waals surface area contributed by atoms with Crippen LogP contribution < -0.4 is 5.32 Å². The van der Waals surface area contributed by atoms with Gasteiger partial charge in [0.1, 0.15) is 21.5 Å². The van der Waals surface area contributed by atoms with Crippen molar-refractivity contribution in [2.75, 3.05) is 37.1 Å². The molecule has 0 bridgehead atoms. The van der Waals surface area contributed by atoms with Crippen molar-refractivity contribution in [3.05, 3.63) is 18.1 Å². The summed E-state index contributed by atoms with van der Waals surface area (Å²) >= 11 is 0. The maximum Gasteiger partial charge on any atom is 0.148 e. The number of nitrogens with one attached hydrogen (secondary N) is 1. The number of aromatic nitrogens is 2. The first-order valence-corrected chi connectivity index (χ1v) is 9.99. The van der Waals surface area contributed by atoms with Gasteiger partial charge in [0.25, 0.3) is 0 Å². The van der Waals surface area contributed by atoms with Gasteiger partial charge in [0.2, 0.25) is 0 Å². The Bertz CT molecular complexity index is 632. The summed E-state index contributed by atoms with van der Waals surface area (Å²) in [5, 5.41) is 3.32. The Morgan fingerprint density at radius 1 is 1.30 bits per heavy atom. The van der Waals surface area contributed by atoms with E-state index in [1.54, 1.807) is 6.20 Å². The summed E-state index contributed by atoms with van der Waals surface area (Å²) < 4.78 is 29.0. The van der Waals surface area contributed by atoms with Gasteiger partial charge in [-0.05, 0) is 18.9 Å². The summed E-state index contributed by atoms with van der Waals surface area (Å²) in [6.45, 7) is 7.98. The largest absolute Gasteiger partial charge is 0.381 e. The van der Waals surface area contributed by atoms with Crippen LogP contribution in [0.3, 0.4) is 0 Å². The summed E-state index contributed by atoms with van der Waals surface area (Å²) in [5.41, 5.74) is -0.417. The lowest BCUT2D eigenvalue weighted by Crippen LogP contribution is -2.41. The summed E-state index contributed by atoms with van der Waals surface area (Å²) in [6.07, 6.45) is 4.52. The third-order valence-corrected chi connectivity index (χ3v) is 5.23. The molecule has 0 radical (unpaired) electrons. The molecule has 0 unspecified atom stereocenters. The van der Waals surface area contributed by atoms with Crippen molar-refractivity contribution in [3.8, 4) is 0 Å². The quantitative estimate of drug-likeness (QED) is 0.882. The number of ether oxygens (including phenoxy) is 1. The summed E-state index contributed by atoms with van der Waals surface area (Å²) in [5.74, 6) is 1.68. The van der Waals surface area contributed by atoms with E-state index >= 15 is 0 Å². The van der Waals surface area contributed by atoms with E-state index < -0.39 is 9.84 Å². The molecular weight excluding hydrogens is 314 g/mol. The monoisotopic (exact) mass is 341 g/mol. The first kappa shape index (κ1) is 18.1. The molecule has 1 N–H and O–H groups in total. The molecule has 1 saturated heterocycles. The minimum absolute atomic E-state index is 0.124. The Balaban J connectivity index is 2.12. The second kappa shape index (κ2) is 6.73. The third-order valence-electron chi connectivity index (χ3n) is 4.09. The van der Waals surface area contributed by atoms with Gasteiger partial charge in [-0.25, -0.2) is 18.4 Å². The molecule has 0 atom stereocenters. The average Bonchev–Trinajstić information content (AvgIpc) is 2.44. The van der Waals surface area contributed by atoms with Crippen LogP contribution in [0, 0.1) is 5.41 Å². The summed E-state index contributed by atoms with van der Waals surface area (Å²) in [6, 6.07) is 1.82. The van der Waals surface area contributed by atoms with Gasteiger partial charge >= 0.3 is 0 Å². The molecule has 2 heterocycles. The Kier molecular flexibility index (Phi) is 5.30. The van der Waals surface area contributed by atoms with E-state index in [9.17, 15) is 8.42 Å². The molecule has 130 valence electrons. The van der Waals surface area contributed by atoms with Crippen molar-refractivity contribution < 1.29 is 13.2 Å². The van der Waals surface area contributed by atoms with Crippen LogP contribution in [0.1, 0.15) is 39.4 Å². The zero-order valence-corrected chi connectivity index (χ0v) is 15.2. The highest BCUT2D eigenvalue weighted by Gasteiger charge is 2.36. The standard InChI is InChI=1S/C16H27N3O3S/c1-15(2,3)14-17-8-5-13(19-14)18-11-16(12-23(4,20)21)6-9-22-10-7-16/h5,8H,6-7,9-12H2,1-4H3,(H,17,18,19). The Labute approximate surface area is 139 Å². The summed E-state index contributed by atoms with van der Waals surface area (Å²) in [4.78, 5) is 8.87. The second-order valence-electron chi connectivity index (χ2n) is 7.55. The number of anilines is 1. The fraction of sp³-hybridized carbons (Fsp3) is 0.750. The number of hydrogen-bond acceptors (Lipinski definition) is 6. The third kappa shape index (κ3) is 5.42. The van der Waals surface area contributed by atoms with Crippen LogP contribution in [0.15, 0.2) is 12.3 Å². The molecule has 1 fully saturated rings. The van der Waals surface area contributed by atoms with Crippen LogP contribution in [0.5, 0.6) is 0 Å². The van der Waals surface area contributed by atoms with Crippen molar-refractivity contribution in [1.82, 2.24) is 9.97 Å². The minimum Gasteiger partial charge on any atom is -0.381 e. The van der Waals surface area contributed by atoms with E-state index in [1.165, 1.54) is 6.26 Å². The van der Waals surface area contributed by atoms with Crippen molar-refractivity contribution in [3.63, 3.8) is 0 Å². The highest BCUT2D eigenvalue weighted by Crippen LogP contribution is 2.32. The number of hydrogen-bond donors (Lipinski definition) is 1. The molecule has 0 saturated carbocycles. The van der Waals surface area contributed by atoms with Crippen molar-refractivity contribution in [2.45, 2.75) is 39.0 Å². The van der Waals surface area contributed by atoms with Gasteiger partial charge in [-0.2, -0.15) is 0 Å². The van der Waals surface area contributed by atoms with E-state index in [2.05, 4.69) is 36.1 Å². The van der Waals surface area contributed by atoms with E-state index in [1.807, 2.05) is 6.07 Å². The number of nitrogens with zero attached hydrogens (tertiary/aromatic N) is 2. The molecule has 0 spiro atoms. The zero-order valence-electron chi connectivity index (χ0n) is 14.4. The topological polar surface area (TPSA) is 81.2 Å². The second-order valence-corrected chi connectivity index (χ2v) is 9.69. The Hall–Kier alpha value is -1.21. The number of rotatable bonds is 5. The van der Waals surface area contributed by atoms with Gasteiger partial charge in [0, 0.05) is 43.0 Å². The lowest BCUT2D eigenvalue weighted by atomic mass is 9.82. The highest BCUT2D eigenvalue weighted by atomic mass is 32.2. The van der Waals surface area contributed by atoms with Crippen molar-refractivity contribution >= 4 is 15.7 Å². The first-order valence-electron chi connectivity index (χ1n) is 7.93. The van der Waals surface area contributed by atoms with Gasteiger partial charge in [0.05, 0.1) is 5.75 Å². The predicted molar refractivity (Wildman–Crippen MR) is 91.4 cm³/mol. The fourth-order valence-corrected chi connectivity index (χ4v) is 4.33. The predicted octanol–water partition coefficient (Wildman–Crippen LogP) is 2.03. The molecule has 0 aromatic carbocycles. The van der Waals surface area contributed by atoms with Crippen molar-refractivity contribution in [1.29, 1.82) is 0 Å². The molecule has 1 aromatic heterocycles. The molecule has 7 heteroatoms. The van der Waals surface area contributed by atoms with Crippen LogP contribution in [-0.2, 0) is 20.0 Å². The van der Waals surface area contributed by atoms with E-state index in [4.69, 9.17) is 4.74 Å². The molecule has 23 heavy (non-hydrogen) atoms. The van der Waals surface area contributed by atoms with Gasteiger partial charge in [-0.15, -0.1) is 0 Å². The lowest BCUT2D eigenvalue weighted by molar-refractivity contribution is 0.0315. The highest BCUT2D eigenvalue weighted by molar-refractivity contribution is 7.90. The molecule has 0 aliphatic carbocycles. The molecule has 1 aliphatic heterocycles. The number of sulfone groups is 1. The summed E-state index contributed by atoms with van der Waals surface area (Å²) in [7, 11) is -3.05. The van der Waals surface area contributed by atoms with Crippen LogP contribution >= 0.6 is 0 Å². The minimum atomic E-state index is -3.05. The van der Waals surface area contributed by atoms with Crippen LogP contribution in [-0.4, -0.2) is 50.2 Å². The first-order chi connectivity index (χ1) is 10.6. The SMILES string of the molecule is CC(C)(C)c1nccc(NCC2(CS(C)(=O)=O)CCOCC2)n1. The van der Waals surface area contributed by atoms with Crippen LogP contribution in [0.25, 0.3) is 0 Å². The van der Waals surface area contributed by atoms with Gasteiger partial charge < -0.3 is 10.1 Å². The zero-order chi connectivity index (χ0) is 17.1. The van der Waals surface area contributed by atoms with Crippen LogP contribution in [0.2, 0.25) is 0 Å². The van der Waals surface area contributed by atoms with Gasteiger partial charge in [-0.1, -0.05) is 20.8 Å². The maximum atomic E-state index is 11.8. The van der Waals surface area contributed by atoms with Crippen LogP contribution in [0.4, 0.5) is 5.82 Å². The normalized spacial score (nSPS) is 18.6. The maximum absolute atomic E-state index is 11.8. The molecule has 0 amide bonds. The Morgan fingerprint density at radius 3 is 2.52 bits per heavy atom. The van der Waals surface area contributed by atoms with Gasteiger partial charge in [-0.3, -0.25) is 0 Å². The molecule has 1 aliphatic rings. The van der Waals surface area contributed by atoms with Gasteiger partial charge in [0.15, 0.2) is 0 Å². The molecular formula is C16H27N3O3S. The average molecular weight is 341 g/mol. The van der Waals surface area contributed by atoms with E-state index in [0.29, 0.717) is 19.8 Å². The molecule has 6 nitrogen and oxygen atoms in total. The van der Waals surface area contributed by atoms with Crippen molar-refractivity contribution in [2.24, 2.45) is 5.41 Å². The van der Waals surface area contributed by atoms with E-state index in [0.717, 1.165) is 24.5 Å². The molecule has 2 rings (SSSR count). The Morgan fingerprint density at radius 2 is 1.96 bits per heavy atom. The van der Waals surface area contributed by atoms with E-state index in [-0.39, 0.29) is 16.6 Å². The fourth-order valence-electron chi connectivity index (χ4n) is 2.83. The smallest absolute Gasteiger partial charge is 0.148 e. The molecule has 1 aromatic rings. The lowest BCUT2D eigenvalue weighted by Gasteiger charge is -2.36.